The largest absolute Gasteiger partial charge is 0.465 e. The molecule has 1 aromatic rings. The summed E-state index contributed by atoms with van der Waals surface area (Å²) in [5.41, 5.74) is 1.61. The molecule has 2 unspecified atom stereocenters. The van der Waals surface area contributed by atoms with E-state index in [4.69, 9.17) is 4.74 Å². The zero-order valence-electron chi connectivity index (χ0n) is 11.5. The Hall–Kier alpha value is -1.55. The van der Waals surface area contributed by atoms with Crippen molar-refractivity contribution < 1.29 is 14.3 Å². The molecule has 1 fully saturated rings. The van der Waals surface area contributed by atoms with Gasteiger partial charge in [0.1, 0.15) is 0 Å². The molecule has 4 heteroatoms. The molecule has 0 bridgehead atoms. The number of esters is 1. The van der Waals surface area contributed by atoms with Crippen LogP contribution < -0.4 is 5.32 Å². The lowest BCUT2D eigenvalue weighted by molar-refractivity contribution is 0.00925. The summed E-state index contributed by atoms with van der Waals surface area (Å²) in [6.07, 6.45) is 3.48. The molecule has 104 valence electrons. The van der Waals surface area contributed by atoms with Gasteiger partial charge >= 0.3 is 5.97 Å². The Labute approximate surface area is 114 Å². The number of nitrogens with one attached hydrogen (secondary N) is 1. The Morgan fingerprint density at radius 3 is 2.79 bits per heavy atom. The van der Waals surface area contributed by atoms with E-state index in [0.717, 1.165) is 31.6 Å². The summed E-state index contributed by atoms with van der Waals surface area (Å²) < 4.78 is 10.3. The minimum Gasteiger partial charge on any atom is -0.465 e. The highest BCUT2D eigenvalue weighted by atomic mass is 16.5. The molecule has 2 atom stereocenters. The average molecular weight is 263 g/mol. The van der Waals surface area contributed by atoms with Gasteiger partial charge in [-0.05, 0) is 43.5 Å². The lowest BCUT2D eigenvalue weighted by atomic mass is 10.0. The molecule has 4 nitrogen and oxygen atoms in total. The van der Waals surface area contributed by atoms with Crippen LogP contribution in [0.15, 0.2) is 24.3 Å². The first-order chi connectivity index (χ1) is 9.22. The van der Waals surface area contributed by atoms with Gasteiger partial charge in [0.15, 0.2) is 0 Å². The topological polar surface area (TPSA) is 47.6 Å². The number of anilines is 1. The van der Waals surface area contributed by atoms with Crippen molar-refractivity contribution in [1.29, 1.82) is 0 Å². The van der Waals surface area contributed by atoms with Gasteiger partial charge in [0.25, 0.3) is 0 Å². The molecule has 2 rings (SSSR count). The summed E-state index contributed by atoms with van der Waals surface area (Å²) in [4.78, 5) is 11.3. The number of hydrogen-bond donors (Lipinski definition) is 1. The summed E-state index contributed by atoms with van der Waals surface area (Å²) in [6, 6.07) is 7.85. The zero-order chi connectivity index (χ0) is 13.7. The van der Waals surface area contributed by atoms with E-state index in [9.17, 15) is 4.79 Å². The van der Waals surface area contributed by atoms with Crippen LogP contribution in [-0.2, 0) is 9.47 Å². The maximum absolute atomic E-state index is 11.3. The second kappa shape index (κ2) is 6.57. The van der Waals surface area contributed by atoms with Crippen LogP contribution in [0.1, 0.15) is 36.5 Å². The Morgan fingerprint density at radius 2 is 2.16 bits per heavy atom. The highest BCUT2D eigenvalue weighted by Crippen LogP contribution is 2.20. The van der Waals surface area contributed by atoms with Gasteiger partial charge in [0.05, 0.1) is 18.8 Å². The lowest BCUT2D eigenvalue weighted by Gasteiger charge is -2.30. The van der Waals surface area contributed by atoms with Crippen molar-refractivity contribution in [2.45, 2.75) is 38.3 Å². The van der Waals surface area contributed by atoms with Gasteiger partial charge < -0.3 is 14.8 Å². The molecule has 0 amide bonds. The number of benzene rings is 1. The van der Waals surface area contributed by atoms with Crippen molar-refractivity contribution in [2.24, 2.45) is 0 Å². The quantitative estimate of drug-likeness (QED) is 0.849. The third-order valence-corrected chi connectivity index (χ3v) is 3.50. The van der Waals surface area contributed by atoms with Crippen molar-refractivity contribution in [3.63, 3.8) is 0 Å². The number of carbonyl (C=O) groups excluding carboxylic acids is 1. The van der Waals surface area contributed by atoms with Gasteiger partial charge in [-0.3, -0.25) is 0 Å². The number of ether oxygens (including phenoxy) is 2. The molecular formula is C15H21NO3. The molecule has 1 heterocycles. The maximum Gasteiger partial charge on any atom is 0.337 e. The van der Waals surface area contributed by atoms with Gasteiger partial charge in [0, 0.05) is 18.3 Å². The first kappa shape index (κ1) is 13.9. The molecular weight excluding hydrogens is 242 g/mol. The Morgan fingerprint density at radius 1 is 1.42 bits per heavy atom. The van der Waals surface area contributed by atoms with Crippen LogP contribution >= 0.6 is 0 Å². The summed E-state index contributed by atoms with van der Waals surface area (Å²) in [5, 5.41) is 3.50. The van der Waals surface area contributed by atoms with E-state index in [0.29, 0.717) is 17.7 Å². The van der Waals surface area contributed by atoms with Crippen LogP contribution in [0, 0.1) is 0 Å². The first-order valence-corrected chi connectivity index (χ1v) is 6.79. The van der Waals surface area contributed by atoms with E-state index in [1.807, 2.05) is 12.1 Å². The van der Waals surface area contributed by atoms with Crippen LogP contribution in [0.4, 0.5) is 5.69 Å². The number of methoxy groups -OCH3 is 1. The third kappa shape index (κ3) is 3.70. The summed E-state index contributed by atoms with van der Waals surface area (Å²) in [6.45, 7) is 2.97. The minimum atomic E-state index is -0.302. The molecule has 1 aliphatic rings. The van der Waals surface area contributed by atoms with Crippen molar-refractivity contribution >= 4 is 11.7 Å². The zero-order valence-corrected chi connectivity index (χ0v) is 11.5. The normalized spacial score (nSPS) is 22.8. The molecule has 0 aromatic heterocycles. The maximum atomic E-state index is 11.3. The van der Waals surface area contributed by atoms with Gasteiger partial charge in [-0.25, -0.2) is 4.79 Å². The molecule has 1 saturated heterocycles. The fourth-order valence-electron chi connectivity index (χ4n) is 2.35. The molecule has 0 spiro atoms. The van der Waals surface area contributed by atoms with Crippen LogP contribution in [0.2, 0.25) is 0 Å². The van der Waals surface area contributed by atoms with E-state index in [-0.39, 0.29) is 5.97 Å². The van der Waals surface area contributed by atoms with E-state index < -0.39 is 0 Å². The molecule has 19 heavy (non-hydrogen) atoms. The van der Waals surface area contributed by atoms with Crippen molar-refractivity contribution in [3.8, 4) is 0 Å². The van der Waals surface area contributed by atoms with E-state index in [1.165, 1.54) is 7.11 Å². The highest BCUT2D eigenvalue weighted by Gasteiger charge is 2.21. The first-order valence-electron chi connectivity index (χ1n) is 6.79. The Bertz CT molecular complexity index is 416. The van der Waals surface area contributed by atoms with Crippen molar-refractivity contribution in [2.75, 3.05) is 19.0 Å². The molecule has 1 aliphatic heterocycles. The molecule has 0 aliphatic carbocycles. The average Bonchev–Trinajstić information content (AvgIpc) is 2.47. The number of carbonyl (C=O) groups is 1. The van der Waals surface area contributed by atoms with E-state index in [1.54, 1.807) is 12.1 Å². The fraction of sp³-hybridized carbons (Fsp3) is 0.533. The van der Waals surface area contributed by atoms with Gasteiger partial charge in [-0.2, -0.15) is 0 Å². The van der Waals surface area contributed by atoms with Gasteiger partial charge in [-0.15, -0.1) is 0 Å². The standard InChI is InChI=1S/C15H21NO3/c1-3-14-10-13(8-9-19-14)16-12-6-4-11(5-7-12)15(17)18-2/h4-7,13-14,16H,3,8-10H2,1-2H3. The summed E-state index contributed by atoms with van der Waals surface area (Å²) in [5.74, 6) is -0.302. The third-order valence-electron chi connectivity index (χ3n) is 3.50. The fourth-order valence-corrected chi connectivity index (χ4v) is 2.35. The predicted molar refractivity (Wildman–Crippen MR) is 74.5 cm³/mol. The summed E-state index contributed by atoms with van der Waals surface area (Å²) in [7, 11) is 1.39. The van der Waals surface area contributed by atoms with Crippen LogP contribution in [0.25, 0.3) is 0 Å². The molecule has 0 radical (unpaired) electrons. The monoisotopic (exact) mass is 263 g/mol. The van der Waals surface area contributed by atoms with Crippen LogP contribution in [0.3, 0.4) is 0 Å². The highest BCUT2D eigenvalue weighted by molar-refractivity contribution is 5.89. The SMILES string of the molecule is CCC1CC(Nc2ccc(C(=O)OC)cc2)CCO1. The molecule has 1 aromatic carbocycles. The summed E-state index contributed by atoms with van der Waals surface area (Å²) >= 11 is 0. The van der Waals surface area contributed by atoms with E-state index in [2.05, 4.69) is 17.0 Å². The van der Waals surface area contributed by atoms with Crippen molar-refractivity contribution in [1.82, 2.24) is 0 Å². The molecule has 1 N–H and O–H groups in total. The number of hydrogen-bond acceptors (Lipinski definition) is 4. The van der Waals surface area contributed by atoms with Gasteiger partial charge in [0.2, 0.25) is 0 Å². The van der Waals surface area contributed by atoms with Crippen LogP contribution in [0.5, 0.6) is 0 Å². The smallest absolute Gasteiger partial charge is 0.337 e. The lowest BCUT2D eigenvalue weighted by Crippen LogP contribution is -2.33. The number of rotatable bonds is 4. The van der Waals surface area contributed by atoms with Crippen molar-refractivity contribution in [3.05, 3.63) is 29.8 Å². The molecule has 0 saturated carbocycles. The Balaban J connectivity index is 1.94. The second-order valence-corrected chi connectivity index (χ2v) is 4.84. The predicted octanol–water partition coefficient (Wildman–Crippen LogP) is 2.84. The Kier molecular flexibility index (Phi) is 4.80. The van der Waals surface area contributed by atoms with E-state index >= 15 is 0 Å². The minimum absolute atomic E-state index is 0.302. The van der Waals surface area contributed by atoms with Gasteiger partial charge in [-0.1, -0.05) is 6.92 Å². The van der Waals surface area contributed by atoms with Crippen LogP contribution in [-0.4, -0.2) is 31.8 Å². The second-order valence-electron chi connectivity index (χ2n) is 4.84.